The van der Waals surface area contributed by atoms with Crippen LogP contribution in [0.1, 0.15) is 67.7 Å². The first-order valence-corrected chi connectivity index (χ1v) is 7.16. The van der Waals surface area contributed by atoms with Crippen LogP contribution in [0.4, 0.5) is 0 Å². The second-order valence-electron chi connectivity index (χ2n) is 5.38. The molecule has 0 bridgehead atoms. The van der Waals surface area contributed by atoms with Gasteiger partial charge >= 0.3 is 0 Å². The summed E-state index contributed by atoms with van der Waals surface area (Å²) in [5.74, 6) is 0.888. The van der Waals surface area contributed by atoms with Gasteiger partial charge < -0.3 is 4.90 Å². The molecule has 0 N–H and O–H groups in total. The quantitative estimate of drug-likeness (QED) is 0.623. The minimum Gasteiger partial charge on any atom is -0.306 e. The molecule has 16 heavy (non-hydrogen) atoms. The number of piperidine rings is 1. The van der Waals surface area contributed by atoms with E-state index in [0.29, 0.717) is 5.41 Å². The van der Waals surface area contributed by atoms with Gasteiger partial charge in [0.1, 0.15) is 0 Å². The minimum atomic E-state index is 0.590. The molecule has 1 fully saturated rings. The molecule has 0 saturated carbocycles. The standard InChI is InChI=1S/C10H21N.C3H8.C2H6/c1-5-10(3)6-9(2)7-11(4)8-10;1-3-2;1-2/h9H,5-8H2,1-4H3;3H2,1-2H3;1-2H3. The Labute approximate surface area is 105 Å². The van der Waals surface area contributed by atoms with E-state index >= 15 is 0 Å². The maximum Gasteiger partial charge on any atom is 0.00324 e. The average molecular weight is 229 g/mol. The van der Waals surface area contributed by atoms with Crippen molar-refractivity contribution in [1.82, 2.24) is 4.90 Å². The van der Waals surface area contributed by atoms with Gasteiger partial charge in [-0.1, -0.05) is 54.9 Å². The van der Waals surface area contributed by atoms with Gasteiger partial charge in [0.15, 0.2) is 0 Å². The molecule has 1 nitrogen and oxygen atoms in total. The van der Waals surface area contributed by atoms with Crippen molar-refractivity contribution in [3.63, 3.8) is 0 Å². The summed E-state index contributed by atoms with van der Waals surface area (Å²) in [7, 11) is 2.24. The predicted molar refractivity (Wildman–Crippen MR) is 77.0 cm³/mol. The highest BCUT2D eigenvalue weighted by atomic mass is 15.1. The van der Waals surface area contributed by atoms with Crippen LogP contribution in [0.3, 0.4) is 0 Å². The molecule has 2 unspecified atom stereocenters. The van der Waals surface area contributed by atoms with Gasteiger partial charge in [-0.25, -0.2) is 0 Å². The highest BCUT2D eigenvalue weighted by Crippen LogP contribution is 2.34. The van der Waals surface area contributed by atoms with Gasteiger partial charge in [0.2, 0.25) is 0 Å². The zero-order valence-electron chi connectivity index (χ0n) is 13.1. The summed E-state index contributed by atoms with van der Waals surface area (Å²) < 4.78 is 0. The summed E-state index contributed by atoms with van der Waals surface area (Å²) in [6, 6.07) is 0. The van der Waals surface area contributed by atoms with Crippen molar-refractivity contribution in [1.29, 1.82) is 0 Å². The summed E-state index contributed by atoms with van der Waals surface area (Å²) in [5, 5.41) is 0. The van der Waals surface area contributed by atoms with Crippen LogP contribution in [-0.2, 0) is 0 Å². The number of rotatable bonds is 1. The van der Waals surface area contributed by atoms with Crippen LogP contribution >= 0.6 is 0 Å². The van der Waals surface area contributed by atoms with Gasteiger partial charge in [0, 0.05) is 13.1 Å². The molecule has 0 aromatic heterocycles. The molecule has 1 rings (SSSR count). The molecule has 0 aromatic rings. The first-order chi connectivity index (χ1) is 7.47. The summed E-state index contributed by atoms with van der Waals surface area (Å²) in [6.45, 7) is 17.9. The van der Waals surface area contributed by atoms with Crippen molar-refractivity contribution in [3.05, 3.63) is 0 Å². The monoisotopic (exact) mass is 229 g/mol. The van der Waals surface area contributed by atoms with Gasteiger partial charge in [-0.05, 0) is 31.2 Å². The SMILES string of the molecule is CC.CCC.CCC1(C)CC(C)CN(C)C1. The van der Waals surface area contributed by atoms with Crippen LogP contribution in [-0.4, -0.2) is 25.0 Å². The summed E-state index contributed by atoms with van der Waals surface area (Å²) >= 11 is 0. The molecule has 1 heterocycles. The molecular weight excluding hydrogens is 194 g/mol. The van der Waals surface area contributed by atoms with Crippen molar-refractivity contribution < 1.29 is 0 Å². The van der Waals surface area contributed by atoms with Gasteiger partial charge in [0.25, 0.3) is 0 Å². The minimum absolute atomic E-state index is 0.590. The van der Waals surface area contributed by atoms with Crippen LogP contribution in [0.2, 0.25) is 0 Å². The highest BCUT2D eigenvalue weighted by Gasteiger charge is 2.30. The fourth-order valence-electron chi connectivity index (χ4n) is 2.47. The molecule has 0 aromatic carbocycles. The number of hydrogen-bond donors (Lipinski definition) is 0. The van der Waals surface area contributed by atoms with E-state index < -0.39 is 0 Å². The number of likely N-dealkylation sites (tertiary alicyclic amines) is 1. The van der Waals surface area contributed by atoms with Gasteiger partial charge in [-0.15, -0.1) is 0 Å². The third-order valence-corrected chi connectivity index (χ3v) is 2.97. The molecule has 0 amide bonds. The van der Waals surface area contributed by atoms with Crippen LogP contribution in [0, 0.1) is 11.3 Å². The zero-order chi connectivity index (χ0) is 13.2. The fraction of sp³-hybridized carbons (Fsp3) is 1.00. The molecule has 0 spiro atoms. The Bertz CT molecular complexity index is 132. The Morgan fingerprint density at radius 2 is 1.62 bits per heavy atom. The number of hydrogen-bond acceptors (Lipinski definition) is 1. The second kappa shape index (κ2) is 10.1. The van der Waals surface area contributed by atoms with Crippen LogP contribution in [0.15, 0.2) is 0 Å². The summed E-state index contributed by atoms with van der Waals surface area (Å²) in [4.78, 5) is 2.47. The maximum absolute atomic E-state index is 2.47. The van der Waals surface area contributed by atoms with Crippen molar-refractivity contribution >= 4 is 0 Å². The lowest BCUT2D eigenvalue weighted by atomic mass is 9.76. The molecule has 0 radical (unpaired) electrons. The zero-order valence-corrected chi connectivity index (χ0v) is 13.1. The molecule has 1 aliphatic rings. The molecule has 100 valence electrons. The third-order valence-electron chi connectivity index (χ3n) is 2.97. The molecule has 0 aliphatic carbocycles. The van der Waals surface area contributed by atoms with Crippen LogP contribution in [0.25, 0.3) is 0 Å². The normalized spacial score (nSPS) is 29.6. The van der Waals surface area contributed by atoms with E-state index in [-0.39, 0.29) is 0 Å². The van der Waals surface area contributed by atoms with E-state index in [2.05, 4.69) is 46.6 Å². The smallest absolute Gasteiger partial charge is 0.00324 e. The Kier molecular flexibility index (Phi) is 11.6. The average Bonchev–Trinajstić information content (AvgIpc) is 2.20. The Morgan fingerprint density at radius 1 is 1.19 bits per heavy atom. The molecule has 1 heteroatoms. The molecular formula is C15H35N. The first kappa shape index (κ1) is 18.3. The van der Waals surface area contributed by atoms with Gasteiger partial charge in [-0.3, -0.25) is 0 Å². The van der Waals surface area contributed by atoms with E-state index in [9.17, 15) is 0 Å². The lowest BCUT2D eigenvalue weighted by Crippen LogP contribution is -2.42. The largest absolute Gasteiger partial charge is 0.306 e. The van der Waals surface area contributed by atoms with Gasteiger partial charge in [0.05, 0.1) is 0 Å². The first-order valence-electron chi connectivity index (χ1n) is 7.16. The second-order valence-corrected chi connectivity index (χ2v) is 5.38. The highest BCUT2D eigenvalue weighted by molar-refractivity contribution is 4.83. The van der Waals surface area contributed by atoms with E-state index in [1.165, 1.54) is 32.4 Å². The summed E-state index contributed by atoms with van der Waals surface area (Å²) in [5.41, 5.74) is 0.590. The van der Waals surface area contributed by atoms with Gasteiger partial charge in [-0.2, -0.15) is 0 Å². The maximum atomic E-state index is 2.47. The Hall–Kier alpha value is -0.0400. The van der Waals surface area contributed by atoms with Crippen LogP contribution < -0.4 is 0 Å². The lowest BCUT2D eigenvalue weighted by Gasteiger charge is -2.41. The third kappa shape index (κ3) is 8.15. The van der Waals surface area contributed by atoms with E-state index in [4.69, 9.17) is 0 Å². The topological polar surface area (TPSA) is 3.24 Å². The van der Waals surface area contributed by atoms with Crippen molar-refractivity contribution in [3.8, 4) is 0 Å². The molecule has 1 saturated heterocycles. The van der Waals surface area contributed by atoms with Crippen molar-refractivity contribution in [2.45, 2.75) is 67.7 Å². The predicted octanol–water partition coefficient (Wildman–Crippen LogP) is 4.82. The lowest BCUT2D eigenvalue weighted by molar-refractivity contribution is 0.0831. The summed E-state index contributed by atoms with van der Waals surface area (Å²) in [6.07, 6.45) is 3.98. The Balaban J connectivity index is 0. The van der Waals surface area contributed by atoms with Crippen LogP contribution in [0.5, 0.6) is 0 Å². The van der Waals surface area contributed by atoms with E-state index in [0.717, 1.165) is 5.92 Å². The molecule has 2 atom stereocenters. The van der Waals surface area contributed by atoms with Crippen molar-refractivity contribution in [2.24, 2.45) is 11.3 Å². The fourth-order valence-corrected chi connectivity index (χ4v) is 2.47. The van der Waals surface area contributed by atoms with Crippen molar-refractivity contribution in [2.75, 3.05) is 20.1 Å². The van der Waals surface area contributed by atoms with E-state index in [1.54, 1.807) is 0 Å². The Morgan fingerprint density at radius 3 is 1.94 bits per heavy atom. The molecule has 1 aliphatic heterocycles. The van der Waals surface area contributed by atoms with E-state index in [1.807, 2.05) is 13.8 Å². The number of nitrogens with zero attached hydrogens (tertiary/aromatic N) is 1.